The fraction of sp³-hybridized carbons (Fsp3) is 0.200. The molecule has 1 aromatic carbocycles. The normalized spacial score (nSPS) is 10.7. The Kier molecular flexibility index (Phi) is 3.36. The van der Waals surface area contributed by atoms with Crippen molar-refractivity contribution in [2.75, 3.05) is 13.7 Å². The number of aromatic hydroxyl groups is 2. The smallest absolute Gasteiger partial charge is 0.200 e. The summed E-state index contributed by atoms with van der Waals surface area (Å²) < 4.78 is 4.84. The lowest BCUT2D eigenvalue weighted by Gasteiger charge is -2.06. The van der Waals surface area contributed by atoms with Crippen LogP contribution in [0, 0.1) is 0 Å². The maximum Gasteiger partial charge on any atom is 0.200 e. The van der Waals surface area contributed by atoms with E-state index in [0.717, 1.165) is 0 Å². The van der Waals surface area contributed by atoms with E-state index in [1.807, 2.05) is 0 Å². The van der Waals surface area contributed by atoms with Crippen LogP contribution in [-0.4, -0.2) is 29.0 Å². The number of rotatable bonds is 3. The molecule has 0 heterocycles. The Bertz CT molecular complexity index is 344. The van der Waals surface area contributed by atoms with Crippen molar-refractivity contribution in [1.82, 2.24) is 0 Å². The summed E-state index contributed by atoms with van der Waals surface area (Å²) >= 11 is 0. The van der Waals surface area contributed by atoms with Gasteiger partial charge in [-0.15, -0.1) is 0 Å². The molecule has 0 bridgehead atoms. The second-order valence-corrected chi connectivity index (χ2v) is 2.68. The highest BCUT2D eigenvalue weighted by molar-refractivity contribution is 5.60. The molecule has 3 N–H and O–H groups in total. The van der Waals surface area contributed by atoms with Gasteiger partial charge >= 0.3 is 0 Å². The minimum absolute atomic E-state index is 0.0794. The van der Waals surface area contributed by atoms with Gasteiger partial charge in [-0.3, -0.25) is 0 Å². The minimum Gasteiger partial charge on any atom is -0.504 e. The van der Waals surface area contributed by atoms with Crippen LogP contribution in [0.2, 0.25) is 0 Å². The van der Waals surface area contributed by atoms with Crippen LogP contribution in [0.1, 0.15) is 5.56 Å². The molecular weight excluding hydrogens is 184 g/mol. The lowest BCUT2D eigenvalue weighted by Crippen LogP contribution is -1.85. The Morgan fingerprint density at radius 2 is 2.07 bits per heavy atom. The van der Waals surface area contributed by atoms with Crippen molar-refractivity contribution in [2.24, 2.45) is 0 Å². The number of phenols is 2. The molecule has 1 rings (SSSR count). The van der Waals surface area contributed by atoms with Crippen LogP contribution in [0.4, 0.5) is 0 Å². The van der Waals surface area contributed by atoms with Gasteiger partial charge < -0.3 is 20.1 Å². The van der Waals surface area contributed by atoms with Crippen LogP contribution < -0.4 is 4.74 Å². The van der Waals surface area contributed by atoms with Gasteiger partial charge in [0.2, 0.25) is 5.75 Å². The molecule has 0 aliphatic rings. The summed E-state index contributed by atoms with van der Waals surface area (Å²) in [5.74, 6) is -0.335. The first-order valence-electron chi connectivity index (χ1n) is 4.06. The summed E-state index contributed by atoms with van der Waals surface area (Å²) in [4.78, 5) is 0. The molecule has 0 radical (unpaired) electrons. The molecule has 0 aromatic heterocycles. The first-order chi connectivity index (χ1) is 6.69. The zero-order chi connectivity index (χ0) is 10.6. The van der Waals surface area contributed by atoms with Crippen LogP contribution in [0.5, 0.6) is 17.2 Å². The van der Waals surface area contributed by atoms with Crippen molar-refractivity contribution < 1.29 is 20.1 Å². The quantitative estimate of drug-likeness (QED) is 0.633. The van der Waals surface area contributed by atoms with Gasteiger partial charge in [-0.2, -0.15) is 0 Å². The van der Waals surface area contributed by atoms with Crippen molar-refractivity contribution >= 4 is 6.08 Å². The van der Waals surface area contributed by atoms with Gasteiger partial charge in [-0.25, -0.2) is 0 Å². The van der Waals surface area contributed by atoms with Crippen molar-refractivity contribution in [3.05, 3.63) is 23.8 Å². The summed E-state index contributed by atoms with van der Waals surface area (Å²) in [7, 11) is 1.40. The topological polar surface area (TPSA) is 69.9 Å². The van der Waals surface area contributed by atoms with E-state index in [1.54, 1.807) is 12.1 Å². The van der Waals surface area contributed by atoms with Gasteiger partial charge in [-0.1, -0.05) is 12.2 Å². The number of hydrogen-bond donors (Lipinski definition) is 3. The van der Waals surface area contributed by atoms with Crippen LogP contribution >= 0.6 is 0 Å². The van der Waals surface area contributed by atoms with Crippen LogP contribution in [0.25, 0.3) is 6.08 Å². The fourth-order valence-electron chi connectivity index (χ4n) is 1.05. The zero-order valence-electron chi connectivity index (χ0n) is 7.77. The fourth-order valence-corrected chi connectivity index (χ4v) is 1.05. The average molecular weight is 196 g/mol. The molecule has 76 valence electrons. The molecule has 0 aliphatic heterocycles. The number of hydrogen-bond acceptors (Lipinski definition) is 4. The van der Waals surface area contributed by atoms with E-state index in [9.17, 15) is 10.2 Å². The van der Waals surface area contributed by atoms with Crippen LogP contribution in [-0.2, 0) is 0 Å². The summed E-state index contributed by atoms with van der Waals surface area (Å²) in [5, 5.41) is 27.1. The van der Waals surface area contributed by atoms with Gasteiger partial charge in [-0.05, 0) is 17.7 Å². The molecule has 4 nitrogen and oxygen atoms in total. The highest BCUT2D eigenvalue weighted by Gasteiger charge is 2.07. The highest BCUT2D eigenvalue weighted by Crippen LogP contribution is 2.36. The van der Waals surface area contributed by atoms with E-state index in [2.05, 4.69) is 0 Å². The molecule has 0 unspecified atom stereocenters. The standard InChI is InChI=1S/C10H12O4/c1-14-9-6-7(3-2-4-11)5-8(12)10(9)13/h2-3,5-6,11-13H,4H2,1H3/b3-2+. The number of aliphatic hydroxyl groups is 1. The summed E-state index contributed by atoms with van der Waals surface area (Å²) in [5.41, 5.74) is 0.645. The Balaban J connectivity index is 3.09. The Morgan fingerprint density at radius 3 is 2.64 bits per heavy atom. The molecular formula is C10H12O4. The lowest BCUT2D eigenvalue weighted by molar-refractivity contribution is 0.343. The SMILES string of the molecule is COc1cc(/C=C/CO)cc(O)c1O. The molecule has 0 saturated heterocycles. The van der Waals surface area contributed by atoms with E-state index in [4.69, 9.17) is 9.84 Å². The third-order valence-electron chi connectivity index (χ3n) is 1.71. The Hall–Kier alpha value is -1.68. The van der Waals surface area contributed by atoms with Gasteiger partial charge in [0.1, 0.15) is 0 Å². The van der Waals surface area contributed by atoms with E-state index in [-0.39, 0.29) is 23.9 Å². The minimum atomic E-state index is -0.284. The molecule has 0 atom stereocenters. The van der Waals surface area contributed by atoms with Crippen molar-refractivity contribution in [1.29, 1.82) is 0 Å². The molecule has 0 aliphatic carbocycles. The van der Waals surface area contributed by atoms with E-state index in [1.165, 1.54) is 19.3 Å². The summed E-state index contributed by atoms with van der Waals surface area (Å²) in [6.07, 6.45) is 3.13. The largest absolute Gasteiger partial charge is 0.504 e. The van der Waals surface area contributed by atoms with Crippen LogP contribution in [0.3, 0.4) is 0 Å². The zero-order valence-corrected chi connectivity index (χ0v) is 7.77. The first-order valence-corrected chi connectivity index (χ1v) is 4.06. The van der Waals surface area contributed by atoms with E-state index in [0.29, 0.717) is 5.56 Å². The number of benzene rings is 1. The van der Waals surface area contributed by atoms with Gasteiger partial charge in [0.05, 0.1) is 13.7 Å². The van der Waals surface area contributed by atoms with Gasteiger partial charge in [0.25, 0.3) is 0 Å². The van der Waals surface area contributed by atoms with Crippen molar-refractivity contribution in [3.8, 4) is 17.2 Å². The predicted molar refractivity (Wildman–Crippen MR) is 52.4 cm³/mol. The third kappa shape index (κ3) is 2.17. The van der Waals surface area contributed by atoms with E-state index < -0.39 is 0 Å². The second-order valence-electron chi connectivity index (χ2n) is 2.68. The first kappa shape index (κ1) is 10.4. The maximum absolute atomic E-state index is 9.30. The molecule has 1 aromatic rings. The summed E-state index contributed by atoms with van der Waals surface area (Å²) in [6, 6.07) is 2.94. The van der Waals surface area contributed by atoms with Crippen molar-refractivity contribution in [2.45, 2.75) is 0 Å². The highest BCUT2D eigenvalue weighted by atomic mass is 16.5. The second kappa shape index (κ2) is 4.53. The number of ether oxygens (including phenoxy) is 1. The molecule has 14 heavy (non-hydrogen) atoms. The van der Waals surface area contributed by atoms with Gasteiger partial charge in [0.15, 0.2) is 11.5 Å². The molecule has 4 heteroatoms. The molecule has 0 spiro atoms. The lowest BCUT2D eigenvalue weighted by atomic mass is 10.1. The van der Waals surface area contributed by atoms with Gasteiger partial charge in [0, 0.05) is 0 Å². The van der Waals surface area contributed by atoms with Crippen LogP contribution in [0.15, 0.2) is 18.2 Å². The van der Waals surface area contributed by atoms with Crippen molar-refractivity contribution in [3.63, 3.8) is 0 Å². The number of phenolic OH excluding ortho intramolecular Hbond substituents is 2. The number of methoxy groups -OCH3 is 1. The molecule has 0 amide bonds. The third-order valence-corrected chi connectivity index (χ3v) is 1.71. The Morgan fingerprint density at radius 1 is 1.36 bits per heavy atom. The predicted octanol–water partition coefficient (Wildman–Crippen LogP) is 1.11. The van der Waals surface area contributed by atoms with E-state index >= 15 is 0 Å². The average Bonchev–Trinajstić information content (AvgIpc) is 2.19. The summed E-state index contributed by atoms with van der Waals surface area (Å²) in [6.45, 7) is -0.0794. The molecule has 0 fully saturated rings. The maximum atomic E-state index is 9.30. The molecule has 0 saturated carbocycles. The number of aliphatic hydroxyl groups excluding tert-OH is 1. The Labute approximate surface area is 81.7 Å². The monoisotopic (exact) mass is 196 g/mol.